The van der Waals surface area contributed by atoms with E-state index >= 15 is 0 Å². The highest BCUT2D eigenvalue weighted by molar-refractivity contribution is 5.67. The number of ether oxygens (including phenoxy) is 3. The molecule has 0 aliphatic heterocycles. The highest BCUT2D eigenvalue weighted by Gasteiger charge is 2.19. The summed E-state index contributed by atoms with van der Waals surface area (Å²) in [5.41, 5.74) is -0.369. The van der Waals surface area contributed by atoms with Crippen LogP contribution in [-0.2, 0) is 20.7 Å². The third kappa shape index (κ3) is 5.73. The van der Waals surface area contributed by atoms with E-state index in [1.54, 1.807) is 20.8 Å². The van der Waals surface area contributed by atoms with Gasteiger partial charge in [0, 0.05) is 37.4 Å². The molecule has 5 heteroatoms. The van der Waals surface area contributed by atoms with Crippen LogP contribution < -0.4 is 0 Å². The first-order valence-electron chi connectivity index (χ1n) is 8.93. The van der Waals surface area contributed by atoms with E-state index in [0.717, 1.165) is 0 Å². The number of methoxy groups -OCH3 is 2. The molecule has 0 radical (unpaired) electrons. The predicted molar refractivity (Wildman–Crippen MR) is 80.9 cm³/mol. The smallest absolute Gasteiger partial charge is 0.410 e. The number of hydrogen-bond donors (Lipinski definition) is 0. The summed E-state index contributed by atoms with van der Waals surface area (Å²) >= 11 is 0. The van der Waals surface area contributed by atoms with Crippen molar-refractivity contribution >= 4 is 6.09 Å². The van der Waals surface area contributed by atoms with Crippen LogP contribution in [0.5, 0.6) is 0 Å². The quantitative estimate of drug-likeness (QED) is 0.782. The Morgan fingerprint density at radius 2 is 1.86 bits per heavy atom. The fourth-order valence-corrected chi connectivity index (χ4v) is 1.57. The minimum Gasteiger partial charge on any atom is -0.444 e. The Kier molecular flexibility index (Phi) is 3.90. The van der Waals surface area contributed by atoms with Gasteiger partial charge in [-0.25, -0.2) is 4.79 Å². The van der Waals surface area contributed by atoms with Gasteiger partial charge in [-0.15, -0.1) is 0 Å². The molecule has 0 aliphatic carbocycles. The summed E-state index contributed by atoms with van der Waals surface area (Å²) in [6.45, 7) is -0.943. The lowest BCUT2D eigenvalue weighted by Crippen LogP contribution is -2.33. The third-order valence-electron chi connectivity index (χ3n) is 2.43. The van der Waals surface area contributed by atoms with Gasteiger partial charge in [-0.3, -0.25) is 0 Å². The van der Waals surface area contributed by atoms with Crippen LogP contribution in [0.15, 0.2) is 24.3 Å². The van der Waals surface area contributed by atoms with Gasteiger partial charge in [0.15, 0.2) is 6.29 Å². The second-order valence-corrected chi connectivity index (χ2v) is 5.35. The Hall–Kier alpha value is -1.59. The fraction of sp³-hybridized carbons (Fsp3) is 0.562. The summed E-state index contributed by atoms with van der Waals surface area (Å²) in [4.78, 5) is 12.5. The van der Waals surface area contributed by atoms with Gasteiger partial charge in [0.1, 0.15) is 5.60 Å². The van der Waals surface area contributed by atoms with E-state index in [1.807, 2.05) is 0 Å². The molecular formula is C16H25NO4. The summed E-state index contributed by atoms with van der Waals surface area (Å²) in [6, 6.07) is 5.84. The molecule has 1 rings (SSSR count). The molecule has 0 aromatic heterocycles. The van der Waals surface area contributed by atoms with E-state index in [9.17, 15) is 4.79 Å². The number of carbonyl (C=O) groups is 1. The van der Waals surface area contributed by atoms with Gasteiger partial charge in [-0.1, -0.05) is 24.3 Å². The van der Waals surface area contributed by atoms with Crippen molar-refractivity contribution in [1.29, 1.82) is 0 Å². The lowest BCUT2D eigenvalue weighted by atomic mass is 10.1. The van der Waals surface area contributed by atoms with Crippen LogP contribution in [0.3, 0.4) is 0 Å². The van der Waals surface area contributed by atoms with Crippen molar-refractivity contribution in [1.82, 2.24) is 4.90 Å². The van der Waals surface area contributed by atoms with Crippen molar-refractivity contribution in [3.8, 4) is 0 Å². The largest absolute Gasteiger partial charge is 0.444 e. The van der Waals surface area contributed by atoms with Gasteiger partial charge in [0.05, 0.1) is 2.74 Å². The predicted octanol–water partition coefficient (Wildman–Crippen LogP) is 3.34. The summed E-state index contributed by atoms with van der Waals surface area (Å²) < 4.78 is 54.6. The van der Waals surface area contributed by atoms with E-state index in [4.69, 9.17) is 21.1 Å². The molecule has 118 valence electrons. The normalized spacial score (nSPS) is 16.4. The maximum Gasteiger partial charge on any atom is 0.410 e. The average Bonchev–Trinajstić information content (AvgIpc) is 2.45. The van der Waals surface area contributed by atoms with Gasteiger partial charge in [0.25, 0.3) is 0 Å². The number of benzene rings is 1. The lowest BCUT2D eigenvalue weighted by Gasteiger charge is -2.24. The molecule has 0 saturated heterocycles. The maximum absolute atomic E-state index is 12.4. The zero-order valence-electron chi connectivity index (χ0n) is 18.0. The van der Waals surface area contributed by atoms with Crippen LogP contribution in [-0.4, -0.2) is 37.8 Å². The van der Waals surface area contributed by atoms with Crippen LogP contribution in [0.4, 0.5) is 4.79 Å². The molecule has 0 aliphatic rings. The maximum atomic E-state index is 12.4. The topological polar surface area (TPSA) is 48.0 Å². The molecule has 0 unspecified atom stereocenters. The molecule has 21 heavy (non-hydrogen) atoms. The molecule has 1 aromatic rings. The average molecular weight is 300 g/mol. The Morgan fingerprint density at radius 3 is 2.29 bits per heavy atom. The first-order valence-corrected chi connectivity index (χ1v) is 6.43. The van der Waals surface area contributed by atoms with Gasteiger partial charge in [-0.05, 0) is 26.3 Å². The third-order valence-corrected chi connectivity index (χ3v) is 2.43. The van der Waals surface area contributed by atoms with Gasteiger partial charge in [-0.2, -0.15) is 0 Å². The van der Waals surface area contributed by atoms with E-state index in [2.05, 4.69) is 0 Å². The van der Waals surface area contributed by atoms with Gasteiger partial charge in [0.2, 0.25) is 0 Å². The number of nitrogens with zero attached hydrogens (tertiary/aromatic N) is 1. The molecule has 5 nitrogen and oxygen atoms in total. The van der Waals surface area contributed by atoms with Crippen LogP contribution in [0.1, 0.15) is 45.0 Å². The van der Waals surface area contributed by atoms with E-state index in [-0.39, 0.29) is 10.5 Å². The molecule has 0 spiro atoms. The highest BCUT2D eigenvalue weighted by Crippen LogP contribution is 2.18. The molecule has 1 amide bonds. The van der Waals surface area contributed by atoms with Crippen molar-refractivity contribution in [3.05, 3.63) is 35.4 Å². The molecule has 0 saturated carbocycles. The lowest BCUT2D eigenvalue weighted by molar-refractivity contribution is -0.106. The monoisotopic (exact) mass is 300 g/mol. The second-order valence-electron chi connectivity index (χ2n) is 5.35. The Morgan fingerprint density at radius 1 is 1.29 bits per heavy atom. The van der Waals surface area contributed by atoms with Gasteiger partial charge >= 0.3 is 6.09 Å². The zero-order valence-corrected chi connectivity index (χ0v) is 13.0. The van der Waals surface area contributed by atoms with Crippen molar-refractivity contribution in [2.45, 2.75) is 39.2 Å². The Bertz CT molecular complexity index is 607. The summed E-state index contributed by atoms with van der Waals surface area (Å²) in [5.74, 6) is 0. The number of rotatable bonds is 5. The standard InChI is InChI=1S/C16H25NO4/c1-16(2,3)21-15(18)17(4)11-12-7-9-13(10-8-12)14(19-5)20-6/h7-10,14H,11H2,1-6H3/i4D3,11D2. The molecule has 1 aromatic carbocycles. The number of hydrogen-bond acceptors (Lipinski definition) is 4. The highest BCUT2D eigenvalue weighted by atomic mass is 16.7. The molecule has 0 bridgehead atoms. The summed E-state index contributed by atoms with van der Waals surface area (Å²) in [7, 11) is 2.92. The van der Waals surface area contributed by atoms with Crippen molar-refractivity contribution in [3.63, 3.8) is 0 Å². The number of amides is 1. The summed E-state index contributed by atoms with van der Waals surface area (Å²) in [5, 5.41) is 0. The Labute approximate surface area is 133 Å². The first kappa shape index (κ1) is 11.0. The van der Waals surface area contributed by atoms with Crippen LogP contribution >= 0.6 is 0 Å². The molecule has 0 fully saturated rings. The number of carbonyl (C=O) groups excluding carboxylic acids is 1. The zero-order chi connectivity index (χ0) is 20.3. The molecule has 0 heterocycles. The van der Waals surface area contributed by atoms with E-state index in [0.29, 0.717) is 5.56 Å². The van der Waals surface area contributed by atoms with E-state index < -0.39 is 31.5 Å². The van der Waals surface area contributed by atoms with Gasteiger partial charge < -0.3 is 19.1 Å². The van der Waals surface area contributed by atoms with Crippen LogP contribution in [0.25, 0.3) is 0 Å². The molecular weight excluding hydrogens is 270 g/mol. The molecule has 0 N–H and O–H groups in total. The Balaban J connectivity index is 3.26. The minimum absolute atomic E-state index is 0.0193. The van der Waals surface area contributed by atoms with Crippen molar-refractivity contribution in [2.75, 3.05) is 21.2 Å². The SMILES string of the molecule is [2H]C([2H])([2H])N(C(=O)OC(C)(C)C)C([2H])([2H])c1ccc(C(OC)OC)cc1. The van der Waals surface area contributed by atoms with Crippen LogP contribution in [0, 0.1) is 0 Å². The minimum atomic E-state index is -3.04. The van der Waals surface area contributed by atoms with E-state index in [1.165, 1.54) is 38.5 Å². The van der Waals surface area contributed by atoms with Crippen molar-refractivity contribution in [2.24, 2.45) is 0 Å². The van der Waals surface area contributed by atoms with Crippen LogP contribution in [0.2, 0.25) is 0 Å². The molecule has 0 atom stereocenters. The first-order chi connectivity index (χ1) is 11.7. The summed E-state index contributed by atoms with van der Waals surface area (Å²) in [6.07, 6.45) is -1.90. The second kappa shape index (κ2) is 7.43. The van der Waals surface area contributed by atoms with Crippen molar-refractivity contribution < 1.29 is 25.9 Å². The fourth-order valence-electron chi connectivity index (χ4n) is 1.57.